The number of anilines is 1. The van der Waals surface area contributed by atoms with Gasteiger partial charge in [-0.1, -0.05) is 36.4 Å². The summed E-state index contributed by atoms with van der Waals surface area (Å²) < 4.78 is 5.44. The molecule has 3 heterocycles. The third-order valence-corrected chi connectivity index (χ3v) is 8.08. The van der Waals surface area contributed by atoms with Gasteiger partial charge in [0.2, 0.25) is 5.91 Å². The van der Waals surface area contributed by atoms with E-state index in [2.05, 4.69) is 36.1 Å². The first-order chi connectivity index (χ1) is 17.0. The third kappa shape index (κ3) is 4.78. The summed E-state index contributed by atoms with van der Waals surface area (Å²) >= 11 is 1.45. The number of aryl methyl sites for hydroxylation is 1. The standard InChI is InChI=1S/C28H31N3O3S/c1-20-7-3-4-10-25(20)29-12-14-30(15-13-29)27(32)24-19-31(28(33)26-11-6-16-35-26)18-23(24)21-8-5-9-22(17-21)34-2/h3-11,16-17,23-24H,12-15,18-19H2,1-2H3. The highest BCUT2D eigenvalue weighted by Crippen LogP contribution is 2.37. The summed E-state index contributed by atoms with van der Waals surface area (Å²) in [5.74, 6) is 0.590. The van der Waals surface area contributed by atoms with E-state index in [1.54, 1.807) is 7.11 Å². The van der Waals surface area contributed by atoms with Crippen LogP contribution in [0.25, 0.3) is 0 Å². The molecule has 2 aliphatic heterocycles. The Labute approximate surface area is 210 Å². The Morgan fingerprint density at radius 1 is 0.914 bits per heavy atom. The van der Waals surface area contributed by atoms with Crippen molar-refractivity contribution in [1.29, 1.82) is 0 Å². The SMILES string of the molecule is COc1cccc(C2CN(C(=O)c3cccs3)CC2C(=O)N2CCN(c3ccccc3C)CC2)c1. The van der Waals surface area contributed by atoms with E-state index >= 15 is 0 Å². The van der Waals surface area contributed by atoms with Crippen LogP contribution in [0, 0.1) is 12.8 Å². The Hall–Kier alpha value is -3.32. The number of carbonyl (C=O) groups is 2. The monoisotopic (exact) mass is 489 g/mol. The topological polar surface area (TPSA) is 53.1 Å². The number of rotatable bonds is 5. The molecule has 0 bridgehead atoms. The minimum atomic E-state index is -0.268. The molecule has 35 heavy (non-hydrogen) atoms. The van der Waals surface area contributed by atoms with E-state index in [4.69, 9.17) is 4.74 Å². The lowest BCUT2D eigenvalue weighted by Gasteiger charge is -2.38. The molecule has 0 radical (unpaired) electrons. The molecule has 2 amide bonds. The first-order valence-electron chi connectivity index (χ1n) is 12.1. The number of para-hydroxylation sites is 1. The summed E-state index contributed by atoms with van der Waals surface area (Å²) in [6, 6.07) is 20.1. The predicted octanol–water partition coefficient (Wildman–Crippen LogP) is 4.27. The van der Waals surface area contributed by atoms with Crippen molar-refractivity contribution in [3.05, 3.63) is 82.0 Å². The van der Waals surface area contributed by atoms with Gasteiger partial charge in [-0.2, -0.15) is 0 Å². The van der Waals surface area contributed by atoms with Crippen LogP contribution in [0.2, 0.25) is 0 Å². The molecule has 2 unspecified atom stereocenters. The van der Waals surface area contributed by atoms with Gasteiger partial charge in [0.25, 0.3) is 5.91 Å². The van der Waals surface area contributed by atoms with Crippen molar-refractivity contribution >= 4 is 28.8 Å². The number of hydrogen-bond acceptors (Lipinski definition) is 5. The van der Waals surface area contributed by atoms with Gasteiger partial charge in [-0.05, 0) is 47.7 Å². The number of amides is 2. The highest BCUT2D eigenvalue weighted by molar-refractivity contribution is 7.12. The van der Waals surface area contributed by atoms with Crippen molar-refractivity contribution in [3.63, 3.8) is 0 Å². The van der Waals surface area contributed by atoms with Crippen molar-refractivity contribution in [3.8, 4) is 5.75 Å². The summed E-state index contributed by atoms with van der Waals surface area (Å²) in [7, 11) is 1.65. The molecule has 0 N–H and O–H groups in total. The highest BCUT2D eigenvalue weighted by atomic mass is 32.1. The summed E-state index contributed by atoms with van der Waals surface area (Å²) in [6.45, 7) is 6.10. The quantitative estimate of drug-likeness (QED) is 0.537. The number of thiophene rings is 1. The number of piperazine rings is 1. The van der Waals surface area contributed by atoms with E-state index in [1.807, 2.05) is 51.6 Å². The molecule has 2 atom stereocenters. The molecule has 182 valence electrons. The zero-order valence-electron chi connectivity index (χ0n) is 20.2. The minimum absolute atomic E-state index is 0.00701. The second-order valence-corrected chi connectivity index (χ2v) is 10.2. The molecule has 0 saturated carbocycles. The fourth-order valence-corrected chi connectivity index (χ4v) is 6.00. The summed E-state index contributed by atoms with van der Waals surface area (Å²) in [4.78, 5) is 33.9. The average Bonchev–Trinajstić information content (AvgIpc) is 3.59. The van der Waals surface area contributed by atoms with Crippen LogP contribution in [-0.2, 0) is 4.79 Å². The molecule has 2 saturated heterocycles. The van der Waals surface area contributed by atoms with Gasteiger partial charge in [-0.3, -0.25) is 9.59 Å². The van der Waals surface area contributed by atoms with Gasteiger partial charge in [-0.15, -0.1) is 11.3 Å². The second kappa shape index (κ2) is 10.1. The molecule has 0 aliphatic carbocycles. The summed E-state index contributed by atoms with van der Waals surface area (Å²) in [5.41, 5.74) is 3.54. The van der Waals surface area contributed by atoms with E-state index in [1.165, 1.54) is 22.6 Å². The van der Waals surface area contributed by atoms with Gasteiger partial charge in [0.1, 0.15) is 5.75 Å². The number of methoxy groups -OCH3 is 1. The molecule has 6 nitrogen and oxygen atoms in total. The average molecular weight is 490 g/mol. The van der Waals surface area contributed by atoms with Crippen LogP contribution >= 0.6 is 11.3 Å². The first kappa shape index (κ1) is 23.4. The fourth-order valence-electron chi connectivity index (χ4n) is 5.31. The van der Waals surface area contributed by atoms with Crippen LogP contribution in [0.4, 0.5) is 5.69 Å². The van der Waals surface area contributed by atoms with E-state index < -0.39 is 0 Å². The Balaban J connectivity index is 1.35. The maximum Gasteiger partial charge on any atom is 0.263 e. The second-order valence-electron chi connectivity index (χ2n) is 9.28. The number of carbonyl (C=O) groups excluding carboxylic acids is 2. The zero-order valence-corrected chi connectivity index (χ0v) is 21.0. The van der Waals surface area contributed by atoms with Crippen LogP contribution in [0.5, 0.6) is 5.75 Å². The lowest BCUT2D eigenvalue weighted by Crippen LogP contribution is -2.51. The Morgan fingerprint density at radius 2 is 1.71 bits per heavy atom. The minimum Gasteiger partial charge on any atom is -0.497 e. The molecule has 2 fully saturated rings. The molecule has 2 aliphatic rings. The lowest BCUT2D eigenvalue weighted by molar-refractivity contribution is -0.135. The molecule has 2 aromatic carbocycles. The molecule has 5 rings (SSSR count). The van der Waals surface area contributed by atoms with Gasteiger partial charge in [-0.25, -0.2) is 0 Å². The largest absolute Gasteiger partial charge is 0.497 e. The maximum absolute atomic E-state index is 13.8. The van der Waals surface area contributed by atoms with Crippen LogP contribution in [0.3, 0.4) is 0 Å². The van der Waals surface area contributed by atoms with Crippen molar-refractivity contribution in [1.82, 2.24) is 9.80 Å². The van der Waals surface area contributed by atoms with E-state index in [0.717, 1.165) is 24.4 Å². The van der Waals surface area contributed by atoms with Gasteiger partial charge in [0, 0.05) is 50.9 Å². The molecular formula is C28H31N3O3S. The number of likely N-dealkylation sites (tertiary alicyclic amines) is 1. The Bertz CT molecular complexity index is 1190. The number of nitrogens with zero attached hydrogens (tertiary/aromatic N) is 3. The van der Waals surface area contributed by atoms with Gasteiger partial charge in [0.05, 0.1) is 17.9 Å². The van der Waals surface area contributed by atoms with Crippen molar-refractivity contribution in [2.45, 2.75) is 12.8 Å². The third-order valence-electron chi connectivity index (χ3n) is 7.23. The van der Waals surface area contributed by atoms with E-state index in [9.17, 15) is 9.59 Å². The Kier molecular flexibility index (Phi) is 6.77. The predicted molar refractivity (Wildman–Crippen MR) is 139 cm³/mol. The van der Waals surface area contributed by atoms with Gasteiger partial charge in [0.15, 0.2) is 0 Å². The van der Waals surface area contributed by atoms with Crippen LogP contribution in [-0.4, -0.2) is 68.0 Å². The number of ether oxygens (including phenoxy) is 1. The normalized spacial score (nSPS) is 20.2. The maximum atomic E-state index is 13.8. The molecule has 0 spiro atoms. The number of benzene rings is 2. The lowest BCUT2D eigenvalue weighted by atomic mass is 9.87. The van der Waals surface area contributed by atoms with Crippen LogP contribution in [0.15, 0.2) is 66.0 Å². The first-order valence-corrected chi connectivity index (χ1v) is 13.0. The smallest absolute Gasteiger partial charge is 0.263 e. The molecule has 3 aromatic rings. The van der Waals surface area contributed by atoms with E-state index in [-0.39, 0.29) is 23.7 Å². The summed E-state index contributed by atoms with van der Waals surface area (Å²) in [6.07, 6.45) is 0. The van der Waals surface area contributed by atoms with Gasteiger partial charge >= 0.3 is 0 Å². The number of hydrogen-bond donors (Lipinski definition) is 0. The van der Waals surface area contributed by atoms with E-state index in [0.29, 0.717) is 31.1 Å². The Morgan fingerprint density at radius 3 is 2.43 bits per heavy atom. The zero-order chi connectivity index (χ0) is 24.4. The van der Waals surface area contributed by atoms with Crippen LogP contribution < -0.4 is 9.64 Å². The molecule has 7 heteroatoms. The van der Waals surface area contributed by atoms with Crippen molar-refractivity contribution < 1.29 is 14.3 Å². The van der Waals surface area contributed by atoms with Crippen LogP contribution in [0.1, 0.15) is 26.7 Å². The summed E-state index contributed by atoms with van der Waals surface area (Å²) in [5, 5.41) is 1.92. The van der Waals surface area contributed by atoms with Gasteiger partial charge < -0.3 is 19.4 Å². The fraction of sp³-hybridized carbons (Fsp3) is 0.357. The highest BCUT2D eigenvalue weighted by Gasteiger charge is 2.43. The van der Waals surface area contributed by atoms with Crippen molar-refractivity contribution in [2.75, 3.05) is 51.3 Å². The van der Waals surface area contributed by atoms with Crippen molar-refractivity contribution in [2.24, 2.45) is 5.92 Å². The molecular weight excluding hydrogens is 458 g/mol. The molecule has 1 aromatic heterocycles.